The number of methoxy groups -OCH3 is 2. The van der Waals surface area contributed by atoms with Crippen LogP contribution in [0.2, 0.25) is 0 Å². The van der Waals surface area contributed by atoms with E-state index in [0.717, 1.165) is 6.42 Å². The third-order valence-corrected chi connectivity index (χ3v) is 4.45. The molecule has 1 heterocycles. The standard InChI is InChI=1S/C15H20BrNO4/c1-4-5-15(19)8-17(9-15)14(18)10-6-11(20-2)13(16)12(7-10)21-3/h6-7,19H,4-5,8-9H2,1-3H3. The molecule has 0 spiro atoms. The molecule has 0 atom stereocenters. The zero-order valence-corrected chi connectivity index (χ0v) is 14.1. The number of rotatable bonds is 5. The Morgan fingerprint density at radius 3 is 2.29 bits per heavy atom. The average molecular weight is 358 g/mol. The molecular formula is C15H20BrNO4. The zero-order valence-electron chi connectivity index (χ0n) is 12.5. The van der Waals surface area contributed by atoms with Gasteiger partial charge in [0.1, 0.15) is 16.0 Å². The molecule has 0 bridgehead atoms. The topological polar surface area (TPSA) is 59.0 Å². The minimum absolute atomic E-state index is 0.125. The van der Waals surface area contributed by atoms with Crippen molar-refractivity contribution in [1.29, 1.82) is 0 Å². The Balaban J connectivity index is 2.18. The van der Waals surface area contributed by atoms with E-state index in [0.29, 0.717) is 41.0 Å². The van der Waals surface area contributed by atoms with Gasteiger partial charge >= 0.3 is 0 Å². The molecule has 1 aliphatic heterocycles. The molecule has 0 unspecified atom stereocenters. The lowest BCUT2D eigenvalue weighted by Crippen LogP contribution is -2.63. The fourth-order valence-electron chi connectivity index (χ4n) is 2.61. The fourth-order valence-corrected chi connectivity index (χ4v) is 3.16. The second kappa shape index (κ2) is 6.23. The van der Waals surface area contributed by atoms with E-state index in [1.165, 1.54) is 14.2 Å². The van der Waals surface area contributed by atoms with E-state index in [1.807, 2.05) is 6.92 Å². The average Bonchev–Trinajstić information content (AvgIpc) is 2.44. The number of nitrogens with zero attached hydrogens (tertiary/aromatic N) is 1. The molecule has 1 saturated heterocycles. The summed E-state index contributed by atoms with van der Waals surface area (Å²) in [7, 11) is 3.08. The summed E-state index contributed by atoms with van der Waals surface area (Å²) in [6, 6.07) is 3.35. The van der Waals surface area contributed by atoms with Crippen molar-refractivity contribution in [2.45, 2.75) is 25.4 Å². The number of likely N-dealkylation sites (tertiary alicyclic amines) is 1. The van der Waals surface area contributed by atoms with Gasteiger partial charge in [-0.15, -0.1) is 0 Å². The summed E-state index contributed by atoms with van der Waals surface area (Å²) in [6.45, 7) is 2.77. The van der Waals surface area contributed by atoms with Crippen LogP contribution in [-0.2, 0) is 0 Å². The summed E-state index contributed by atoms with van der Waals surface area (Å²) in [5.74, 6) is 0.962. The number of carbonyl (C=O) groups excluding carboxylic acids is 1. The summed E-state index contributed by atoms with van der Waals surface area (Å²) in [6.07, 6.45) is 1.61. The number of ether oxygens (including phenoxy) is 2. The van der Waals surface area contributed by atoms with Crippen molar-refractivity contribution >= 4 is 21.8 Å². The minimum Gasteiger partial charge on any atom is -0.495 e. The van der Waals surface area contributed by atoms with E-state index in [4.69, 9.17) is 9.47 Å². The number of amides is 1. The van der Waals surface area contributed by atoms with Crippen LogP contribution in [0, 0.1) is 0 Å². The molecule has 0 radical (unpaired) electrons. The summed E-state index contributed by atoms with van der Waals surface area (Å²) in [5.41, 5.74) is -0.237. The van der Waals surface area contributed by atoms with E-state index < -0.39 is 5.60 Å². The smallest absolute Gasteiger partial charge is 0.254 e. The Hall–Kier alpha value is -1.27. The Morgan fingerprint density at radius 2 is 1.86 bits per heavy atom. The Labute approximate surface area is 133 Å². The molecular weight excluding hydrogens is 338 g/mol. The van der Waals surface area contributed by atoms with Crippen LogP contribution in [0.5, 0.6) is 11.5 Å². The van der Waals surface area contributed by atoms with E-state index in [2.05, 4.69) is 15.9 Å². The monoisotopic (exact) mass is 357 g/mol. The molecule has 2 rings (SSSR count). The highest BCUT2D eigenvalue weighted by atomic mass is 79.9. The van der Waals surface area contributed by atoms with E-state index >= 15 is 0 Å². The third-order valence-electron chi connectivity index (χ3n) is 3.67. The Kier molecular flexibility index (Phi) is 4.78. The van der Waals surface area contributed by atoms with E-state index in [-0.39, 0.29) is 5.91 Å². The quantitative estimate of drug-likeness (QED) is 0.879. The third kappa shape index (κ3) is 3.16. The van der Waals surface area contributed by atoms with Crippen LogP contribution >= 0.6 is 15.9 Å². The maximum absolute atomic E-state index is 12.5. The molecule has 5 nitrogen and oxygen atoms in total. The maximum atomic E-state index is 12.5. The number of benzene rings is 1. The van der Waals surface area contributed by atoms with Crippen LogP contribution < -0.4 is 9.47 Å². The van der Waals surface area contributed by atoms with Crippen molar-refractivity contribution in [2.75, 3.05) is 27.3 Å². The number of halogens is 1. The summed E-state index contributed by atoms with van der Waals surface area (Å²) in [5, 5.41) is 10.2. The molecule has 1 aromatic carbocycles. The highest BCUT2D eigenvalue weighted by Gasteiger charge is 2.43. The molecule has 0 saturated carbocycles. The Bertz CT molecular complexity index is 515. The number of hydrogen-bond donors (Lipinski definition) is 1. The van der Waals surface area contributed by atoms with Gasteiger partial charge in [-0.05, 0) is 34.5 Å². The predicted molar refractivity (Wildman–Crippen MR) is 83.0 cm³/mol. The molecule has 1 N–H and O–H groups in total. The lowest BCUT2D eigenvalue weighted by molar-refractivity contribution is -0.0860. The molecule has 0 aliphatic carbocycles. The molecule has 0 aromatic heterocycles. The van der Waals surface area contributed by atoms with Gasteiger partial charge in [0, 0.05) is 5.56 Å². The van der Waals surface area contributed by atoms with Crippen molar-refractivity contribution < 1.29 is 19.4 Å². The van der Waals surface area contributed by atoms with Gasteiger partial charge in [0.25, 0.3) is 5.91 Å². The van der Waals surface area contributed by atoms with Gasteiger partial charge in [-0.3, -0.25) is 4.79 Å². The molecule has 1 amide bonds. The fraction of sp³-hybridized carbons (Fsp3) is 0.533. The second-order valence-electron chi connectivity index (χ2n) is 5.33. The van der Waals surface area contributed by atoms with Crippen LogP contribution in [0.25, 0.3) is 0 Å². The maximum Gasteiger partial charge on any atom is 0.254 e. The van der Waals surface area contributed by atoms with Crippen molar-refractivity contribution in [3.8, 4) is 11.5 Å². The molecule has 6 heteroatoms. The van der Waals surface area contributed by atoms with Crippen molar-refractivity contribution in [1.82, 2.24) is 4.90 Å². The minimum atomic E-state index is -0.728. The van der Waals surface area contributed by atoms with Crippen LogP contribution in [0.15, 0.2) is 16.6 Å². The lowest BCUT2D eigenvalue weighted by Gasteiger charge is -2.46. The van der Waals surface area contributed by atoms with Gasteiger partial charge in [0.05, 0.1) is 32.9 Å². The molecule has 1 aromatic rings. The van der Waals surface area contributed by atoms with Gasteiger partial charge in [0.15, 0.2) is 0 Å². The van der Waals surface area contributed by atoms with Crippen LogP contribution in [0.3, 0.4) is 0 Å². The van der Waals surface area contributed by atoms with Gasteiger partial charge < -0.3 is 19.5 Å². The number of carbonyl (C=O) groups is 1. The first-order chi connectivity index (χ1) is 9.94. The lowest BCUT2D eigenvalue weighted by atomic mass is 9.88. The number of β-amino-alcohol motifs (C(OH)–C–C–N with tert-alkyl or cyclic N) is 1. The van der Waals surface area contributed by atoms with Gasteiger partial charge in [0.2, 0.25) is 0 Å². The summed E-state index contributed by atoms with van der Waals surface area (Å²) in [4.78, 5) is 14.1. The molecule has 116 valence electrons. The number of aliphatic hydroxyl groups is 1. The highest BCUT2D eigenvalue weighted by Crippen LogP contribution is 2.37. The van der Waals surface area contributed by atoms with Crippen molar-refractivity contribution in [3.05, 3.63) is 22.2 Å². The van der Waals surface area contributed by atoms with Gasteiger partial charge in [-0.1, -0.05) is 13.3 Å². The van der Waals surface area contributed by atoms with Gasteiger partial charge in [-0.25, -0.2) is 0 Å². The molecule has 1 fully saturated rings. The summed E-state index contributed by atoms with van der Waals surface area (Å²) >= 11 is 3.38. The summed E-state index contributed by atoms with van der Waals surface area (Å²) < 4.78 is 11.2. The second-order valence-corrected chi connectivity index (χ2v) is 6.12. The van der Waals surface area contributed by atoms with Crippen molar-refractivity contribution in [3.63, 3.8) is 0 Å². The zero-order chi connectivity index (χ0) is 15.6. The molecule has 21 heavy (non-hydrogen) atoms. The normalized spacial score (nSPS) is 16.3. The largest absolute Gasteiger partial charge is 0.495 e. The van der Waals surface area contributed by atoms with E-state index in [1.54, 1.807) is 17.0 Å². The molecule has 1 aliphatic rings. The predicted octanol–water partition coefficient (Wildman–Crippen LogP) is 2.45. The Morgan fingerprint density at radius 1 is 1.33 bits per heavy atom. The van der Waals surface area contributed by atoms with Crippen LogP contribution in [0.4, 0.5) is 0 Å². The van der Waals surface area contributed by atoms with Crippen molar-refractivity contribution in [2.24, 2.45) is 0 Å². The first-order valence-electron chi connectivity index (χ1n) is 6.87. The van der Waals surface area contributed by atoms with Gasteiger partial charge in [-0.2, -0.15) is 0 Å². The first kappa shape index (κ1) is 16.1. The van der Waals surface area contributed by atoms with E-state index in [9.17, 15) is 9.90 Å². The number of hydrogen-bond acceptors (Lipinski definition) is 4. The van der Waals surface area contributed by atoms with Crippen LogP contribution in [0.1, 0.15) is 30.1 Å². The SMILES string of the molecule is CCCC1(O)CN(C(=O)c2cc(OC)c(Br)c(OC)c2)C1. The first-order valence-corrected chi connectivity index (χ1v) is 7.66. The highest BCUT2D eigenvalue weighted by molar-refractivity contribution is 9.10. The van der Waals surface area contributed by atoms with Crippen LogP contribution in [-0.4, -0.2) is 48.8 Å².